The molecular formula is C15H22N2O3S2. The highest BCUT2D eigenvalue weighted by atomic mass is 32.1. The average molecular weight is 342 g/mol. The van der Waals surface area contributed by atoms with E-state index in [-0.39, 0.29) is 12.1 Å². The average Bonchev–Trinajstić information content (AvgIpc) is 3.11. The predicted molar refractivity (Wildman–Crippen MR) is 93.0 cm³/mol. The van der Waals surface area contributed by atoms with Crippen LogP contribution in [0.25, 0.3) is 0 Å². The fourth-order valence-electron chi connectivity index (χ4n) is 2.57. The number of rotatable bonds is 5. The summed E-state index contributed by atoms with van der Waals surface area (Å²) < 4.78 is 10.5. The van der Waals surface area contributed by atoms with E-state index in [1.165, 1.54) is 18.4 Å². The fraction of sp³-hybridized carbons (Fsp3) is 0.600. The van der Waals surface area contributed by atoms with Crippen molar-refractivity contribution in [2.75, 3.05) is 25.6 Å². The van der Waals surface area contributed by atoms with Crippen LogP contribution < -0.4 is 10.6 Å². The van der Waals surface area contributed by atoms with Gasteiger partial charge in [0.25, 0.3) is 0 Å². The predicted octanol–water partition coefficient (Wildman–Crippen LogP) is 2.87. The number of aryl methyl sites for hydroxylation is 1. The lowest BCUT2D eigenvalue weighted by molar-refractivity contribution is 0.0601. The van der Waals surface area contributed by atoms with Crippen LogP contribution >= 0.6 is 23.6 Å². The highest BCUT2D eigenvalue weighted by Gasteiger charge is 2.22. The summed E-state index contributed by atoms with van der Waals surface area (Å²) in [6, 6.07) is 0. The number of ether oxygens (including phenoxy) is 2. The standard InChI is InChI=1S/C15H22N2O3S2/c1-4-11-9(2)22-13(12(11)14(18)19-3)17-15(21)16-8-10-6-5-7-20-10/h10H,4-8H2,1-3H3,(H2,16,17,21)/t10-/m0/s1. The second-order valence-corrected chi connectivity index (χ2v) is 6.79. The van der Waals surface area contributed by atoms with E-state index in [4.69, 9.17) is 21.7 Å². The number of esters is 1. The second-order valence-electron chi connectivity index (χ2n) is 5.16. The largest absolute Gasteiger partial charge is 0.465 e. The van der Waals surface area contributed by atoms with Crippen molar-refractivity contribution in [3.05, 3.63) is 16.0 Å². The number of thiophene rings is 1. The van der Waals surface area contributed by atoms with Gasteiger partial charge in [-0.3, -0.25) is 0 Å². The SMILES string of the molecule is CCc1c(C)sc(NC(=S)NC[C@@H]2CCCO2)c1C(=O)OC. The summed E-state index contributed by atoms with van der Waals surface area (Å²) in [7, 11) is 1.40. The first-order valence-electron chi connectivity index (χ1n) is 7.43. The van der Waals surface area contributed by atoms with Crippen LogP contribution in [0.1, 0.15) is 40.6 Å². The molecule has 0 aromatic carbocycles. The van der Waals surface area contributed by atoms with E-state index in [0.717, 1.165) is 41.3 Å². The van der Waals surface area contributed by atoms with Crippen molar-refractivity contribution >= 4 is 39.6 Å². The van der Waals surface area contributed by atoms with Gasteiger partial charge in [0.2, 0.25) is 0 Å². The van der Waals surface area contributed by atoms with Crippen LogP contribution in [0.5, 0.6) is 0 Å². The number of hydrogen-bond acceptors (Lipinski definition) is 5. The van der Waals surface area contributed by atoms with Crippen molar-refractivity contribution in [3.63, 3.8) is 0 Å². The van der Waals surface area contributed by atoms with Crippen molar-refractivity contribution in [2.45, 2.75) is 39.2 Å². The highest BCUT2D eigenvalue weighted by Crippen LogP contribution is 2.33. The minimum atomic E-state index is -0.328. The van der Waals surface area contributed by atoms with Crippen molar-refractivity contribution in [2.24, 2.45) is 0 Å². The van der Waals surface area contributed by atoms with Crippen LogP contribution in [-0.4, -0.2) is 37.4 Å². The summed E-state index contributed by atoms with van der Waals surface area (Å²) in [6.45, 7) is 5.54. The maximum absolute atomic E-state index is 12.0. The fourth-order valence-corrected chi connectivity index (χ4v) is 3.96. The van der Waals surface area contributed by atoms with Gasteiger partial charge in [-0.1, -0.05) is 6.92 Å². The molecule has 1 aromatic heterocycles. The maximum Gasteiger partial charge on any atom is 0.341 e. The molecule has 1 aromatic rings. The van der Waals surface area contributed by atoms with E-state index in [2.05, 4.69) is 10.6 Å². The van der Waals surface area contributed by atoms with Gasteiger partial charge in [-0.15, -0.1) is 11.3 Å². The second kappa shape index (κ2) is 7.89. The first-order valence-corrected chi connectivity index (χ1v) is 8.66. The molecule has 1 atom stereocenters. The zero-order chi connectivity index (χ0) is 16.1. The van der Waals surface area contributed by atoms with Crippen molar-refractivity contribution in [1.82, 2.24) is 5.32 Å². The van der Waals surface area contributed by atoms with Gasteiger partial charge in [-0.05, 0) is 44.0 Å². The summed E-state index contributed by atoms with van der Waals surface area (Å²) >= 11 is 6.84. The zero-order valence-electron chi connectivity index (χ0n) is 13.2. The number of carbonyl (C=O) groups excluding carboxylic acids is 1. The topological polar surface area (TPSA) is 59.6 Å². The number of thiocarbonyl (C=S) groups is 1. The van der Waals surface area contributed by atoms with Crippen molar-refractivity contribution < 1.29 is 14.3 Å². The molecule has 7 heteroatoms. The van der Waals surface area contributed by atoms with E-state index in [1.807, 2.05) is 13.8 Å². The minimum Gasteiger partial charge on any atom is -0.465 e. The van der Waals surface area contributed by atoms with Gasteiger partial charge in [-0.2, -0.15) is 0 Å². The van der Waals surface area contributed by atoms with Gasteiger partial charge in [0, 0.05) is 18.0 Å². The van der Waals surface area contributed by atoms with Crippen LogP contribution in [0.2, 0.25) is 0 Å². The molecule has 1 aliphatic rings. The summed E-state index contributed by atoms with van der Waals surface area (Å²) in [6.07, 6.45) is 3.16. The Morgan fingerprint density at radius 3 is 2.91 bits per heavy atom. The third kappa shape index (κ3) is 3.97. The molecule has 1 saturated heterocycles. The van der Waals surface area contributed by atoms with Crippen LogP contribution in [-0.2, 0) is 15.9 Å². The minimum absolute atomic E-state index is 0.219. The van der Waals surface area contributed by atoms with Gasteiger partial charge in [0.05, 0.1) is 18.8 Å². The maximum atomic E-state index is 12.0. The number of nitrogens with one attached hydrogen (secondary N) is 2. The van der Waals surface area contributed by atoms with Crippen LogP contribution in [0, 0.1) is 6.92 Å². The Morgan fingerprint density at radius 1 is 1.55 bits per heavy atom. The molecule has 122 valence electrons. The van der Waals surface area contributed by atoms with E-state index in [0.29, 0.717) is 17.2 Å². The molecule has 5 nitrogen and oxygen atoms in total. The number of anilines is 1. The smallest absolute Gasteiger partial charge is 0.341 e. The third-order valence-corrected chi connectivity index (χ3v) is 5.00. The number of methoxy groups -OCH3 is 1. The lowest BCUT2D eigenvalue weighted by Crippen LogP contribution is -2.35. The quantitative estimate of drug-likeness (QED) is 0.634. The molecule has 0 aliphatic carbocycles. The summed E-state index contributed by atoms with van der Waals surface area (Å²) in [5.41, 5.74) is 1.61. The van der Waals surface area contributed by atoms with Gasteiger partial charge >= 0.3 is 5.97 Å². The normalized spacial score (nSPS) is 17.3. The molecule has 0 saturated carbocycles. The van der Waals surface area contributed by atoms with Gasteiger partial charge < -0.3 is 20.1 Å². The molecule has 1 aliphatic heterocycles. The molecule has 0 bridgehead atoms. The van der Waals surface area contributed by atoms with E-state index in [1.54, 1.807) is 0 Å². The van der Waals surface area contributed by atoms with E-state index in [9.17, 15) is 4.79 Å². The lowest BCUT2D eigenvalue weighted by atomic mass is 10.1. The molecule has 2 N–H and O–H groups in total. The number of hydrogen-bond donors (Lipinski definition) is 2. The van der Waals surface area contributed by atoms with Gasteiger partial charge in [0.1, 0.15) is 5.00 Å². The molecule has 0 unspecified atom stereocenters. The Labute approximate surface area is 140 Å². The van der Waals surface area contributed by atoms with E-state index < -0.39 is 0 Å². The Hall–Kier alpha value is -1.18. The Bertz CT molecular complexity index is 551. The Morgan fingerprint density at radius 2 is 2.32 bits per heavy atom. The molecular weight excluding hydrogens is 320 g/mol. The molecule has 0 radical (unpaired) electrons. The molecule has 22 heavy (non-hydrogen) atoms. The molecule has 0 amide bonds. The Kier molecular flexibility index (Phi) is 6.16. The van der Waals surface area contributed by atoms with Gasteiger partial charge in [0.15, 0.2) is 5.11 Å². The zero-order valence-corrected chi connectivity index (χ0v) is 14.8. The third-order valence-electron chi connectivity index (χ3n) is 3.69. The highest BCUT2D eigenvalue weighted by molar-refractivity contribution is 7.80. The Balaban J connectivity index is 2.04. The van der Waals surface area contributed by atoms with Crippen molar-refractivity contribution in [1.29, 1.82) is 0 Å². The summed E-state index contributed by atoms with van der Waals surface area (Å²) in [4.78, 5) is 13.1. The first kappa shape index (κ1) is 17.2. The molecule has 1 fully saturated rings. The lowest BCUT2D eigenvalue weighted by Gasteiger charge is -2.14. The van der Waals surface area contributed by atoms with Crippen LogP contribution in [0.4, 0.5) is 5.00 Å². The van der Waals surface area contributed by atoms with Crippen molar-refractivity contribution in [3.8, 4) is 0 Å². The molecule has 0 spiro atoms. The first-order chi connectivity index (χ1) is 10.6. The molecule has 2 rings (SSSR count). The van der Waals surface area contributed by atoms with Crippen LogP contribution in [0.3, 0.4) is 0 Å². The van der Waals surface area contributed by atoms with Crippen LogP contribution in [0.15, 0.2) is 0 Å². The monoisotopic (exact) mass is 342 g/mol. The summed E-state index contributed by atoms with van der Waals surface area (Å²) in [5.74, 6) is -0.328. The summed E-state index contributed by atoms with van der Waals surface area (Å²) in [5, 5.41) is 7.53. The van der Waals surface area contributed by atoms with E-state index >= 15 is 0 Å². The number of carbonyl (C=O) groups is 1. The van der Waals surface area contributed by atoms with Gasteiger partial charge in [-0.25, -0.2) is 4.79 Å². The molecule has 2 heterocycles.